The minimum atomic E-state index is -0.797. The number of anilines is 1. The van der Waals surface area contributed by atoms with Crippen molar-refractivity contribution in [1.29, 1.82) is 0 Å². The number of methoxy groups -OCH3 is 2. The van der Waals surface area contributed by atoms with Crippen LogP contribution in [-0.2, 0) is 16.0 Å². The Balaban J connectivity index is 1.24. The van der Waals surface area contributed by atoms with Gasteiger partial charge in [0.2, 0.25) is 5.91 Å². The van der Waals surface area contributed by atoms with Gasteiger partial charge in [-0.15, -0.1) is 0 Å². The van der Waals surface area contributed by atoms with Gasteiger partial charge >= 0.3 is 0 Å². The molecule has 0 aliphatic carbocycles. The van der Waals surface area contributed by atoms with E-state index in [9.17, 15) is 14.4 Å². The zero-order valence-corrected chi connectivity index (χ0v) is 23.5. The molecule has 9 heteroatoms. The van der Waals surface area contributed by atoms with Gasteiger partial charge in [0.15, 0.2) is 11.5 Å². The number of hydrogen-bond acceptors (Lipinski definition) is 6. The number of carbonyl (C=O) groups excluding carboxylic acids is 3. The number of piperidine rings is 1. The summed E-state index contributed by atoms with van der Waals surface area (Å²) < 4.78 is 10.7. The summed E-state index contributed by atoms with van der Waals surface area (Å²) in [6.07, 6.45) is 1.61. The number of ether oxygens (including phenoxy) is 2. The van der Waals surface area contributed by atoms with Crippen LogP contribution in [0.25, 0.3) is 0 Å². The maximum Gasteiger partial charge on any atom is 0.253 e. The van der Waals surface area contributed by atoms with Crippen molar-refractivity contribution in [2.45, 2.75) is 24.8 Å². The van der Waals surface area contributed by atoms with E-state index in [0.29, 0.717) is 62.6 Å². The molecule has 0 radical (unpaired) electrons. The summed E-state index contributed by atoms with van der Waals surface area (Å²) in [5.41, 5.74) is 1.79. The first-order chi connectivity index (χ1) is 19.9. The van der Waals surface area contributed by atoms with Gasteiger partial charge in [-0.05, 0) is 61.2 Å². The Morgan fingerprint density at radius 1 is 0.878 bits per heavy atom. The van der Waals surface area contributed by atoms with E-state index in [1.54, 1.807) is 19.1 Å². The molecule has 0 atom stereocenters. The molecular formula is C32H36N4O5. The molecule has 3 amide bonds. The molecule has 0 aromatic heterocycles. The highest BCUT2D eigenvalue weighted by atomic mass is 16.5. The molecule has 2 heterocycles. The summed E-state index contributed by atoms with van der Waals surface area (Å²) in [6, 6.07) is 24.7. The van der Waals surface area contributed by atoms with Crippen molar-refractivity contribution < 1.29 is 23.9 Å². The van der Waals surface area contributed by atoms with Gasteiger partial charge in [-0.2, -0.15) is 0 Å². The van der Waals surface area contributed by atoms with Gasteiger partial charge in [0.25, 0.3) is 11.8 Å². The van der Waals surface area contributed by atoms with Crippen LogP contribution >= 0.6 is 0 Å². The van der Waals surface area contributed by atoms with E-state index in [-0.39, 0.29) is 24.3 Å². The molecule has 0 bridgehead atoms. The third-order valence-corrected chi connectivity index (χ3v) is 8.00. The number of amides is 3. The Morgan fingerprint density at radius 3 is 2.20 bits per heavy atom. The number of benzene rings is 3. The van der Waals surface area contributed by atoms with Gasteiger partial charge in [0.1, 0.15) is 12.1 Å². The molecule has 41 heavy (non-hydrogen) atoms. The van der Waals surface area contributed by atoms with Crippen molar-refractivity contribution in [3.8, 4) is 11.5 Å². The topological polar surface area (TPSA) is 91.4 Å². The van der Waals surface area contributed by atoms with Gasteiger partial charge in [0.05, 0.1) is 20.9 Å². The Hall–Kier alpha value is -4.53. The minimum absolute atomic E-state index is 0.0251. The second-order valence-electron chi connectivity index (χ2n) is 10.4. The summed E-state index contributed by atoms with van der Waals surface area (Å²) in [5.74, 6) is 0.994. The molecule has 9 nitrogen and oxygen atoms in total. The number of hydrogen-bond donors (Lipinski definition) is 1. The maximum absolute atomic E-state index is 13.9. The van der Waals surface area contributed by atoms with Crippen LogP contribution in [0.4, 0.5) is 5.69 Å². The van der Waals surface area contributed by atoms with E-state index >= 15 is 0 Å². The molecule has 0 saturated carbocycles. The van der Waals surface area contributed by atoms with E-state index in [1.807, 2.05) is 83.8 Å². The average Bonchev–Trinajstić information content (AvgIpc) is 3.27. The van der Waals surface area contributed by atoms with Crippen LogP contribution in [0.2, 0.25) is 0 Å². The zero-order valence-electron chi connectivity index (χ0n) is 23.5. The van der Waals surface area contributed by atoms with Gasteiger partial charge < -0.3 is 29.5 Å². The van der Waals surface area contributed by atoms with Gasteiger partial charge in [0, 0.05) is 30.9 Å². The highest BCUT2D eigenvalue weighted by Gasteiger charge is 2.54. The predicted molar refractivity (Wildman–Crippen MR) is 156 cm³/mol. The first-order valence-electron chi connectivity index (χ1n) is 13.9. The smallest absolute Gasteiger partial charge is 0.253 e. The minimum Gasteiger partial charge on any atom is -0.493 e. The van der Waals surface area contributed by atoms with Crippen LogP contribution in [0, 0.1) is 0 Å². The van der Waals surface area contributed by atoms with Crippen LogP contribution in [0.1, 0.15) is 28.8 Å². The molecule has 1 spiro atoms. The predicted octanol–water partition coefficient (Wildman–Crippen LogP) is 3.34. The molecule has 2 saturated heterocycles. The van der Waals surface area contributed by atoms with Crippen LogP contribution < -0.4 is 19.7 Å². The monoisotopic (exact) mass is 556 g/mol. The lowest BCUT2D eigenvalue weighted by atomic mass is 9.85. The lowest BCUT2D eigenvalue weighted by Crippen LogP contribution is -2.57. The molecule has 2 aliphatic rings. The number of nitrogens with zero attached hydrogens (tertiary/aromatic N) is 3. The van der Waals surface area contributed by atoms with Crippen molar-refractivity contribution in [2.75, 3.05) is 52.0 Å². The van der Waals surface area contributed by atoms with E-state index in [1.165, 1.54) is 0 Å². The highest BCUT2D eigenvalue weighted by molar-refractivity contribution is 5.97. The fraction of sp³-hybridized carbons (Fsp3) is 0.344. The number of para-hydroxylation sites is 1. The third-order valence-electron chi connectivity index (χ3n) is 8.00. The van der Waals surface area contributed by atoms with Crippen molar-refractivity contribution >= 4 is 23.4 Å². The Labute approximate surface area is 240 Å². The number of likely N-dealkylation sites (tertiary alicyclic amines) is 1. The van der Waals surface area contributed by atoms with Crippen molar-refractivity contribution in [3.05, 3.63) is 90.0 Å². The molecule has 0 unspecified atom stereocenters. The Bertz CT molecular complexity index is 1370. The number of carbonyl (C=O) groups is 3. The standard InChI is InChI=1S/C32H36N4O5/c1-40-27-14-13-24(21-28(27)41-2)15-18-33-29(37)22-35-23-36(26-11-7-4-8-12-26)32(31(35)39)16-19-34(20-17-32)30(38)25-9-5-3-6-10-25/h3-14,21H,15-20,22-23H2,1-2H3,(H,33,37). The fourth-order valence-corrected chi connectivity index (χ4v) is 5.78. The second-order valence-corrected chi connectivity index (χ2v) is 10.4. The molecular weight excluding hydrogens is 520 g/mol. The lowest BCUT2D eigenvalue weighted by Gasteiger charge is -2.43. The van der Waals surface area contributed by atoms with E-state index in [2.05, 4.69) is 10.2 Å². The molecule has 1 N–H and O–H groups in total. The molecule has 3 aromatic carbocycles. The normalized spacial score (nSPS) is 16.1. The zero-order chi connectivity index (χ0) is 28.8. The molecule has 214 valence electrons. The highest BCUT2D eigenvalue weighted by Crippen LogP contribution is 2.39. The first-order valence-corrected chi connectivity index (χ1v) is 13.9. The molecule has 2 fully saturated rings. The summed E-state index contributed by atoms with van der Waals surface area (Å²) in [4.78, 5) is 45.5. The van der Waals surface area contributed by atoms with E-state index in [0.717, 1.165) is 11.3 Å². The summed E-state index contributed by atoms with van der Waals surface area (Å²) in [5, 5.41) is 2.95. The van der Waals surface area contributed by atoms with Crippen LogP contribution in [0.3, 0.4) is 0 Å². The molecule has 3 aromatic rings. The van der Waals surface area contributed by atoms with Gasteiger partial charge in [-0.1, -0.05) is 42.5 Å². The third kappa shape index (κ3) is 5.84. The van der Waals surface area contributed by atoms with Crippen LogP contribution in [0.5, 0.6) is 11.5 Å². The van der Waals surface area contributed by atoms with E-state index < -0.39 is 5.54 Å². The lowest BCUT2D eigenvalue weighted by molar-refractivity contribution is -0.137. The fourth-order valence-electron chi connectivity index (χ4n) is 5.78. The Kier molecular flexibility index (Phi) is 8.42. The number of rotatable bonds is 9. The van der Waals surface area contributed by atoms with Crippen LogP contribution in [-0.4, -0.2) is 80.1 Å². The molecule has 5 rings (SSSR count). The van der Waals surface area contributed by atoms with Crippen LogP contribution in [0.15, 0.2) is 78.9 Å². The summed E-state index contributed by atoms with van der Waals surface area (Å²) in [7, 11) is 3.18. The first kappa shape index (κ1) is 28.0. The SMILES string of the molecule is COc1ccc(CCNC(=O)CN2CN(c3ccccc3)C3(CCN(C(=O)c4ccccc4)CC3)C2=O)cc1OC. The quantitative estimate of drug-likeness (QED) is 0.435. The second kappa shape index (κ2) is 12.3. The Morgan fingerprint density at radius 2 is 1.54 bits per heavy atom. The van der Waals surface area contributed by atoms with Crippen molar-refractivity contribution in [2.24, 2.45) is 0 Å². The van der Waals surface area contributed by atoms with Crippen molar-refractivity contribution in [3.63, 3.8) is 0 Å². The number of nitrogens with one attached hydrogen (secondary N) is 1. The van der Waals surface area contributed by atoms with Gasteiger partial charge in [-0.25, -0.2) is 0 Å². The summed E-state index contributed by atoms with van der Waals surface area (Å²) >= 11 is 0. The summed E-state index contributed by atoms with van der Waals surface area (Å²) in [6.45, 7) is 1.66. The van der Waals surface area contributed by atoms with Crippen molar-refractivity contribution in [1.82, 2.24) is 15.1 Å². The average molecular weight is 557 g/mol. The molecule has 2 aliphatic heterocycles. The largest absolute Gasteiger partial charge is 0.493 e. The van der Waals surface area contributed by atoms with Gasteiger partial charge in [-0.3, -0.25) is 14.4 Å². The van der Waals surface area contributed by atoms with E-state index in [4.69, 9.17) is 9.47 Å². The maximum atomic E-state index is 13.9.